The average molecular weight is 921 g/mol. The number of carbonyl (C=O) groups excluding carboxylic acids is 2. The molecule has 0 radical (unpaired) electrons. The smallest absolute Gasteiger partial charge is 0.410 e. The van der Waals surface area contributed by atoms with Crippen LogP contribution in [0.15, 0.2) is 116 Å². The lowest BCUT2D eigenvalue weighted by atomic mass is 10.1. The van der Waals surface area contributed by atoms with Crippen LogP contribution in [0.4, 0.5) is 44.2 Å². The van der Waals surface area contributed by atoms with Crippen LogP contribution in [-0.2, 0) is 0 Å². The number of carbonyl (C=O) groups is 2. The molecule has 348 valence electrons. The summed E-state index contributed by atoms with van der Waals surface area (Å²) in [5.74, 6) is 4.17. The predicted octanol–water partition coefficient (Wildman–Crippen LogP) is 9.17. The first kappa shape index (κ1) is 43.5. The molecule has 2 aliphatic carbocycles. The van der Waals surface area contributed by atoms with Gasteiger partial charge >= 0.3 is 12.1 Å². The molecular weight excluding hydrogens is 869 g/mol. The van der Waals surface area contributed by atoms with Gasteiger partial charge in [0.05, 0.1) is 65.0 Å². The Morgan fingerprint density at radius 1 is 0.623 bits per heavy atom. The van der Waals surface area contributed by atoms with Gasteiger partial charge in [-0.15, -0.1) is 0 Å². The molecular formula is C52H52N14O3. The first-order chi connectivity index (χ1) is 33.8. The first-order valence-corrected chi connectivity index (χ1v) is 23.7. The number of pyridine rings is 4. The summed E-state index contributed by atoms with van der Waals surface area (Å²) in [5.41, 5.74) is 10.1. The molecule has 3 N–H and O–H groups in total. The normalized spacial score (nSPS) is 18.0. The van der Waals surface area contributed by atoms with Crippen molar-refractivity contribution in [3.63, 3.8) is 0 Å². The molecule has 6 aliphatic rings. The second kappa shape index (κ2) is 18.9. The van der Waals surface area contributed by atoms with Gasteiger partial charge in [-0.3, -0.25) is 35.5 Å². The third-order valence-electron chi connectivity index (χ3n) is 13.1. The van der Waals surface area contributed by atoms with Crippen molar-refractivity contribution < 1.29 is 14.3 Å². The maximum absolute atomic E-state index is 13.3. The number of benzene rings is 1. The number of anilines is 6. The summed E-state index contributed by atoms with van der Waals surface area (Å²) < 4.78 is 5.09. The van der Waals surface area contributed by atoms with E-state index in [1.54, 1.807) is 60.1 Å². The van der Waals surface area contributed by atoms with Crippen molar-refractivity contribution in [1.29, 1.82) is 0 Å². The highest BCUT2D eigenvalue weighted by atomic mass is 16.6. The van der Waals surface area contributed by atoms with Crippen LogP contribution in [0.25, 0.3) is 22.5 Å². The number of nitrogens with zero attached hydrogens (tertiary/aromatic N) is 11. The highest BCUT2D eigenvalue weighted by molar-refractivity contribution is 6.04. The summed E-state index contributed by atoms with van der Waals surface area (Å²) in [6, 6.07) is 25.7. The maximum Gasteiger partial charge on any atom is 0.418 e. The molecule has 10 heterocycles. The van der Waals surface area contributed by atoms with E-state index < -0.39 is 6.09 Å². The molecule has 13 rings (SSSR count). The van der Waals surface area contributed by atoms with Crippen LogP contribution in [0.5, 0.6) is 5.75 Å². The summed E-state index contributed by atoms with van der Waals surface area (Å²) in [4.78, 5) is 67.0. The van der Waals surface area contributed by atoms with Gasteiger partial charge in [-0.25, -0.2) is 29.5 Å². The number of para-hydroxylation sites is 1. The first-order valence-electron chi connectivity index (χ1n) is 23.7. The maximum atomic E-state index is 13.3. The molecule has 2 saturated carbocycles. The Balaban J connectivity index is 0.000000119. The fourth-order valence-corrected chi connectivity index (χ4v) is 9.19. The average Bonchev–Trinajstić information content (AvgIpc) is 4.32. The Kier molecular flexibility index (Phi) is 11.9. The Bertz CT molecular complexity index is 2990. The molecule has 1 aromatic carbocycles. The van der Waals surface area contributed by atoms with E-state index in [0.29, 0.717) is 41.1 Å². The van der Waals surface area contributed by atoms with Crippen molar-refractivity contribution >= 4 is 46.8 Å². The van der Waals surface area contributed by atoms with Crippen molar-refractivity contribution in [2.24, 2.45) is 0 Å². The van der Waals surface area contributed by atoms with Crippen molar-refractivity contribution in [3.8, 4) is 28.3 Å². The van der Waals surface area contributed by atoms with Crippen LogP contribution < -0.4 is 35.4 Å². The van der Waals surface area contributed by atoms with Gasteiger partial charge in [0.25, 0.3) is 0 Å². The fraction of sp³-hybridized carbons (Fsp3) is 0.308. The molecule has 2 saturated heterocycles. The van der Waals surface area contributed by atoms with Gasteiger partial charge in [-0.2, -0.15) is 0 Å². The van der Waals surface area contributed by atoms with E-state index in [1.807, 2.05) is 50.4 Å². The molecule has 17 nitrogen and oxygen atoms in total. The summed E-state index contributed by atoms with van der Waals surface area (Å²) in [6.07, 6.45) is 16.6. The van der Waals surface area contributed by atoms with Crippen molar-refractivity contribution in [3.05, 3.63) is 139 Å². The van der Waals surface area contributed by atoms with Crippen molar-refractivity contribution in [2.75, 3.05) is 56.8 Å². The number of rotatable bonds is 7. The predicted molar refractivity (Wildman–Crippen MR) is 265 cm³/mol. The largest absolute Gasteiger partial charge is 0.418 e. The van der Waals surface area contributed by atoms with Gasteiger partial charge in [0.1, 0.15) is 5.75 Å². The van der Waals surface area contributed by atoms with Crippen LogP contribution in [0.3, 0.4) is 0 Å². The lowest BCUT2D eigenvalue weighted by Crippen LogP contribution is -2.48. The number of hydrogen-bond acceptors (Lipinski definition) is 14. The molecule has 7 aromatic rings. The number of aryl methyl sites for hydroxylation is 2. The zero-order valence-electron chi connectivity index (χ0n) is 38.5. The zero-order chi connectivity index (χ0) is 46.8. The molecule has 0 unspecified atom stereocenters. The van der Waals surface area contributed by atoms with E-state index in [2.05, 4.69) is 79.9 Å². The summed E-state index contributed by atoms with van der Waals surface area (Å²) in [6.45, 7) is 7.96. The Morgan fingerprint density at radius 2 is 1.23 bits per heavy atom. The van der Waals surface area contributed by atoms with Crippen LogP contribution in [0.2, 0.25) is 0 Å². The third kappa shape index (κ3) is 9.98. The van der Waals surface area contributed by atoms with Gasteiger partial charge in [0.15, 0.2) is 23.3 Å². The molecule has 17 heteroatoms. The van der Waals surface area contributed by atoms with Crippen molar-refractivity contribution in [2.45, 2.75) is 76.3 Å². The zero-order valence-corrected chi connectivity index (χ0v) is 38.5. The number of fused-ring (bicyclic) bond motifs is 8. The quantitative estimate of drug-likeness (QED) is 0.137. The van der Waals surface area contributed by atoms with Crippen LogP contribution in [0, 0.1) is 13.8 Å². The number of ether oxygens (including phenoxy) is 1. The molecule has 6 aromatic heterocycles. The van der Waals surface area contributed by atoms with Crippen LogP contribution in [0.1, 0.15) is 73.1 Å². The van der Waals surface area contributed by atoms with E-state index in [1.165, 1.54) is 37.8 Å². The third-order valence-corrected chi connectivity index (χ3v) is 13.1. The Hall–Kier alpha value is -8.08. The number of nitrogens with one attached hydrogen (secondary N) is 3. The number of hydrogen-bond donors (Lipinski definition) is 3. The lowest BCUT2D eigenvalue weighted by molar-refractivity contribution is 0.215. The van der Waals surface area contributed by atoms with E-state index >= 15 is 0 Å². The van der Waals surface area contributed by atoms with E-state index in [9.17, 15) is 9.59 Å². The minimum Gasteiger partial charge on any atom is -0.410 e. The molecule has 4 aliphatic heterocycles. The van der Waals surface area contributed by atoms with E-state index in [4.69, 9.17) is 14.7 Å². The highest BCUT2D eigenvalue weighted by Crippen LogP contribution is 2.42. The molecule has 2 atom stereocenters. The second-order valence-corrected chi connectivity index (χ2v) is 18.3. The standard InChI is InChI=1S/C23H23N7O.C15H16N4.C14H13N3O2/c1-14-10-16(6-8-24-14)18-4-5-20-22(27-18)30(17-7-9-29(20)13-17)23(31)28-21-12-25-19(11-26-21)15-2-3-15;1-10-8-11(4-6-16-10)13-2-3-14-15(18-13)17-12-5-7-19(14)9-12;18-14(19-11-4-2-1-3-5-11)17-13-9-15-12(8-16-13)10-6-7-10/h4-6,8,10-12,15,17H,2-3,7,9,13H2,1H3,(H,26,28,31);2-4,6,8,12H,5,7,9H2,1H3,(H,17,18);1-5,8-10H,6-7H2,(H,16,17,18)/t17-;12-;/m00./s1. The summed E-state index contributed by atoms with van der Waals surface area (Å²) in [7, 11) is 0. The molecule has 4 fully saturated rings. The monoisotopic (exact) mass is 920 g/mol. The van der Waals surface area contributed by atoms with Gasteiger partial charge in [-0.05, 0) is 113 Å². The Morgan fingerprint density at radius 3 is 1.86 bits per heavy atom. The minimum atomic E-state index is -0.570. The van der Waals surface area contributed by atoms with Crippen molar-refractivity contribution in [1.82, 2.24) is 39.9 Å². The van der Waals surface area contributed by atoms with E-state index in [-0.39, 0.29) is 12.1 Å². The minimum absolute atomic E-state index is 0.0909. The fourth-order valence-electron chi connectivity index (χ4n) is 9.19. The van der Waals surface area contributed by atoms with Gasteiger partial charge in [0.2, 0.25) is 0 Å². The van der Waals surface area contributed by atoms with Gasteiger partial charge in [0, 0.05) is 79.0 Å². The summed E-state index contributed by atoms with van der Waals surface area (Å²) in [5, 5.41) is 9.02. The number of urea groups is 1. The number of aromatic nitrogens is 8. The second-order valence-electron chi connectivity index (χ2n) is 18.3. The topological polar surface area (TPSA) is 192 Å². The van der Waals surface area contributed by atoms with Gasteiger partial charge in [-0.1, -0.05) is 18.2 Å². The highest BCUT2D eigenvalue weighted by Gasteiger charge is 2.40. The SMILES string of the molecule is Cc1cc(-c2ccc3c(n2)N(C(=O)Nc2cnc(C4CC4)cn2)[C@H]2CCN3C2)ccn1.Cc1cc(-c2ccc3c(n2)N[C@H]2CCN3C2)ccn1.O=C(Nc1cnc(C2CC2)cn1)Oc1ccccc1. The number of amides is 3. The molecule has 3 amide bonds. The van der Waals surface area contributed by atoms with Crippen LogP contribution >= 0.6 is 0 Å². The van der Waals surface area contributed by atoms with E-state index in [0.717, 1.165) is 89.4 Å². The Labute approximate surface area is 399 Å². The summed E-state index contributed by atoms with van der Waals surface area (Å²) >= 11 is 0. The van der Waals surface area contributed by atoms with Crippen LogP contribution in [-0.4, -0.2) is 90.3 Å². The van der Waals surface area contributed by atoms with Gasteiger partial charge < -0.3 is 19.9 Å². The molecule has 4 bridgehead atoms. The molecule has 0 spiro atoms. The lowest BCUT2D eigenvalue weighted by Gasteiger charge is -2.35. The molecule has 69 heavy (non-hydrogen) atoms.